The van der Waals surface area contributed by atoms with Crippen molar-refractivity contribution in [1.82, 2.24) is 14.9 Å². The van der Waals surface area contributed by atoms with Crippen LogP contribution in [0.15, 0.2) is 35.6 Å². The maximum Gasteiger partial charge on any atom is 0.274 e. The van der Waals surface area contributed by atoms with Gasteiger partial charge >= 0.3 is 0 Å². The molecule has 1 aliphatic rings. The second-order valence-corrected chi connectivity index (χ2v) is 11.9. The van der Waals surface area contributed by atoms with E-state index in [9.17, 15) is 21.6 Å². The van der Waals surface area contributed by atoms with Gasteiger partial charge < -0.3 is 9.64 Å². The van der Waals surface area contributed by atoms with E-state index in [-0.39, 0.29) is 40.9 Å². The van der Waals surface area contributed by atoms with Crippen molar-refractivity contribution < 1.29 is 26.4 Å². The van der Waals surface area contributed by atoms with E-state index in [0.29, 0.717) is 5.75 Å². The van der Waals surface area contributed by atoms with Gasteiger partial charge in [0.05, 0.1) is 35.6 Å². The van der Waals surface area contributed by atoms with Crippen LogP contribution in [0.4, 0.5) is 0 Å². The van der Waals surface area contributed by atoms with Gasteiger partial charge in [-0.05, 0) is 24.1 Å². The van der Waals surface area contributed by atoms with Crippen LogP contribution in [0.5, 0.6) is 5.75 Å². The van der Waals surface area contributed by atoms with Crippen LogP contribution in [0.1, 0.15) is 29.4 Å². The van der Waals surface area contributed by atoms with Gasteiger partial charge in [0.25, 0.3) is 5.91 Å². The van der Waals surface area contributed by atoms with Gasteiger partial charge in [-0.1, -0.05) is 30.7 Å². The van der Waals surface area contributed by atoms with Crippen LogP contribution in [0.25, 0.3) is 0 Å². The summed E-state index contributed by atoms with van der Waals surface area (Å²) in [5.74, 6) is -0.468. The molecule has 0 bridgehead atoms. The molecule has 12 heteroatoms. The van der Waals surface area contributed by atoms with E-state index in [1.807, 2.05) is 0 Å². The van der Waals surface area contributed by atoms with E-state index >= 15 is 0 Å². The molecule has 1 atom stereocenters. The predicted octanol–water partition coefficient (Wildman–Crippen LogP) is 1.76. The third kappa shape index (κ3) is 5.34. The highest BCUT2D eigenvalue weighted by Crippen LogP contribution is 2.25. The van der Waals surface area contributed by atoms with Gasteiger partial charge in [-0.25, -0.2) is 26.8 Å². The Balaban J connectivity index is 2.00. The van der Waals surface area contributed by atoms with E-state index in [4.69, 9.17) is 16.3 Å². The van der Waals surface area contributed by atoms with Gasteiger partial charge in [0, 0.05) is 12.6 Å². The Labute approximate surface area is 186 Å². The van der Waals surface area contributed by atoms with E-state index < -0.39 is 36.8 Å². The number of sulfone groups is 2. The molecule has 3 rings (SSSR count). The molecule has 2 heterocycles. The van der Waals surface area contributed by atoms with E-state index in [0.717, 1.165) is 11.8 Å². The quantitative estimate of drug-likeness (QED) is 0.541. The zero-order chi connectivity index (χ0) is 22.8. The van der Waals surface area contributed by atoms with Crippen LogP contribution in [-0.2, 0) is 26.2 Å². The topological polar surface area (TPSA) is 124 Å². The van der Waals surface area contributed by atoms with Gasteiger partial charge in [-0.15, -0.1) is 0 Å². The molecule has 31 heavy (non-hydrogen) atoms. The highest BCUT2D eigenvalue weighted by atomic mass is 35.5. The number of hydrogen-bond acceptors (Lipinski definition) is 8. The molecule has 168 valence electrons. The van der Waals surface area contributed by atoms with Crippen LogP contribution < -0.4 is 4.74 Å². The molecule has 0 spiro atoms. The molecule has 1 saturated heterocycles. The molecule has 1 aromatic heterocycles. The van der Waals surface area contributed by atoms with Crippen LogP contribution in [-0.4, -0.2) is 68.0 Å². The van der Waals surface area contributed by atoms with Crippen molar-refractivity contribution in [2.45, 2.75) is 31.1 Å². The molecule has 9 nitrogen and oxygen atoms in total. The predicted molar refractivity (Wildman–Crippen MR) is 115 cm³/mol. The average molecular weight is 488 g/mol. The Morgan fingerprint density at radius 1 is 1.29 bits per heavy atom. The minimum absolute atomic E-state index is 0.0307. The summed E-state index contributed by atoms with van der Waals surface area (Å²) in [5.41, 5.74) is 0.464. The number of carbonyl (C=O) groups is 1. The fraction of sp³-hybridized carbons (Fsp3) is 0.421. The molecule has 2 aromatic rings. The summed E-state index contributed by atoms with van der Waals surface area (Å²) in [5, 5.41) is -0.605. The van der Waals surface area contributed by atoms with E-state index in [1.165, 1.54) is 18.9 Å². The van der Waals surface area contributed by atoms with Gasteiger partial charge in [-0.2, -0.15) is 0 Å². The third-order valence-corrected chi connectivity index (χ3v) is 8.54. The summed E-state index contributed by atoms with van der Waals surface area (Å²) < 4.78 is 53.6. The first kappa shape index (κ1) is 23.4. The molecule has 0 radical (unpaired) electrons. The molecule has 0 aliphatic carbocycles. The molecule has 0 saturated carbocycles. The Hall–Kier alpha value is -2.24. The molecular formula is C19H22ClN3O6S2. The van der Waals surface area contributed by atoms with Crippen LogP contribution in [0, 0.1) is 0 Å². The number of halogens is 1. The maximum atomic E-state index is 13.4. The number of methoxy groups -OCH3 is 1. The first-order valence-corrected chi connectivity index (χ1v) is 13.3. The highest BCUT2D eigenvalue weighted by Gasteiger charge is 2.36. The third-order valence-electron chi connectivity index (χ3n) is 5.00. The Morgan fingerprint density at radius 2 is 1.97 bits per heavy atom. The lowest BCUT2D eigenvalue weighted by Gasteiger charge is -2.28. The lowest BCUT2D eigenvalue weighted by atomic mass is 10.1. The van der Waals surface area contributed by atoms with Crippen molar-refractivity contribution in [3.8, 4) is 5.75 Å². The minimum atomic E-state index is -3.76. The number of rotatable bonds is 7. The second-order valence-electron chi connectivity index (χ2n) is 7.09. The molecule has 1 aliphatic heterocycles. The number of ether oxygens (including phenoxy) is 1. The van der Waals surface area contributed by atoms with Gasteiger partial charge in [-0.3, -0.25) is 4.79 Å². The fourth-order valence-electron chi connectivity index (χ4n) is 3.23. The number of aromatic nitrogens is 2. The Bertz CT molecular complexity index is 1180. The lowest BCUT2D eigenvalue weighted by Crippen LogP contribution is -2.41. The van der Waals surface area contributed by atoms with Gasteiger partial charge in [0.15, 0.2) is 15.5 Å². The van der Waals surface area contributed by atoms with Crippen molar-refractivity contribution in [1.29, 1.82) is 0 Å². The number of nitrogens with zero attached hydrogens (tertiary/aromatic N) is 3. The first-order chi connectivity index (χ1) is 14.6. The zero-order valence-corrected chi connectivity index (χ0v) is 19.4. The molecule has 1 aromatic carbocycles. The Kier molecular flexibility index (Phi) is 6.87. The summed E-state index contributed by atoms with van der Waals surface area (Å²) in [4.78, 5) is 22.4. The molecule has 1 amide bonds. The summed E-state index contributed by atoms with van der Waals surface area (Å²) in [6, 6.07) is 6.39. The molecule has 1 fully saturated rings. The van der Waals surface area contributed by atoms with Crippen molar-refractivity contribution in [3.63, 3.8) is 0 Å². The monoisotopic (exact) mass is 487 g/mol. The first-order valence-electron chi connectivity index (χ1n) is 9.46. The molecule has 1 unspecified atom stereocenters. The zero-order valence-electron chi connectivity index (χ0n) is 17.0. The summed E-state index contributed by atoms with van der Waals surface area (Å²) in [6.07, 6.45) is 1.34. The van der Waals surface area contributed by atoms with Crippen LogP contribution >= 0.6 is 11.6 Å². The van der Waals surface area contributed by atoms with Crippen molar-refractivity contribution >= 4 is 37.2 Å². The molecule has 0 N–H and O–H groups in total. The highest BCUT2D eigenvalue weighted by molar-refractivity contribution is 7.91. The summed E-state index contributed by atoms with van der Waals surface area (Å²) >= 11 is 6.13. The van der Waals surface area contributed by atoms with Gasteiger partial charge in [0.1, 0.15) is 5.75 Å². The summed E-state index contributed by atoms with van der Waals surface area (Å²) in [7, 11) is -5.51. The number of carbonyl (C=O) groups excluding carboxylic acids is 1. The van der Waals surface area contributed by atoms with Crippen LogP contribution in [0.3, 0.4) is 0 Å². The SMILES string of the molecule is CCS(=O)(=O)c1ncc(Cl)c(C(=O)N(Cc2ccc(OC)cc2)C2CCS(=O)(=O)C2)n1. The van der Waals surface area contributed by atoms with Gasteiger partial charge in [0.2, 0.25) is 15.0 Å². The fourth-order valence-corrected chi connectivity index (χ4v) is 5.84. The molecular weight excluding hydrogens is 466 g/mol. The minimum Gasteiger partial charge on any atom is -0.497 e. The second kappa shape index (κ2) is 9.09. The normalized spacial score (nSPS) is 18.0. The number of amides is 1. The summed E-state index contributed by atoms with van der Waals surface area (Å²) in [6.45, 7) is 1.54. The van der Waals surface area contributed by atoms with E-state index in [1.54, 1.807) is 24.3 Å². The number of benzene rings is 1. The average Bonchev–Trinajstić information content (AvgIpc) is 3.11. The smallest absolute Gasteiger partial charge is 0.274 e. The standard InChI is InChI=1S/C19H22ClN3O6S2/c1-3-31(27,28)19-21-10-16(20)17(22-19)18(24)23(14-8-9-30(25,26)12-14)11-13-4-6-15(29-2)7-5-13/h4-7,10,14H,3,8-9,11-12H2,1-2H3. The maximum absolute atomic E-state index is 13.4. The van der Waals surface area contributed by atoms with Crippen molar-refractivity contribution in [2.24, 2.45) is 0 Å². The van der Waals surface area contributed by atoms with Crippen molar-refractivity contribution in [3.05, 3.63) is 46.7 Å². The number of hydrogen-bond donors (Lipinski definition) is 0. The Morgan fingerprint density at radius 3 is 2.52 bits per heavy atom. The van der Waals surface area contributed by atoms with Crippen LogP contribution in [0.2, 0.25) is 5.02 Å². The van der Waals surface area contributed by atoms with E-state index in [2.05, 4.69) is 9.97 Å². The largest absolute Gasteiger partial charge is 0.497 e. The van der Waals surface area contributed by atoms with Crippen molar-refractivity contribution in [2.75, 3.05) is 24.4 Å². The lowest BCUT2D eigenvalue weighted by molar-refractivity contribution is 0.0674.